The van der Waals surface area contributed by atoms with Crippen molar-refractivity contribution in [1.29, 1.82) is 0 Å². The Bertz CT molecular complexity index is 1990. The average Bonchev–Trinajstić information content (AvgIpc) is 4.10. The van der Waals surface area contributed by atoms with E-state index in [1.54, 1.807) is 6.08 Å². The van der Waals surface area contributed by atoms with Crippen LogP contribution in [0.25, 0.3) is 22.2 Å². The van der Waals surface area contributed by atoms with E-state index in [0.29, 0.717) is 37.4 Å². The molecule has 2 unspecified atom stereocenters. The number of hydrogen-bond acceptors (Lipinski definition) is 7. The van der Waals surface area contributed by atoms with Gasteiger partial charge in [-0.3, -0.25) is 23.7 Å². The number of likely N-dealkylation sites (tertiary alicyclic amines) is 2. The molecule has 2 aliphatic carbocycles. The standard InChI is InChI=1S/C42H51N5O7S/c1-5-28-25-42(28,40(51)47(55(52)53)29-18-19-29)44-38(49)35-22-30(26-46(35)39(50)32(41(2,3)4)23-37(48)45-20-12-7-13-21-45)54-36-24-34(27-14-8-6-9-15-27)43-33-17-11-10-16-31(33)36/h5-6,8-11,14-17,24,28-30,32,35H,1,7,12-13,18-23,25-26H2,2-4H3,(H,44,49)(H,52,53)/t28?,30-,32-,35+,42-/m1/s1. The van der Waals surface area contributed by atoms with E-state index in [0.717, 1.165) is 40.0 Å². The molecule has 0 bridgehead atoms. The third kappa shape index (κ3) is 8.05. The van der Waals surface area contributed by atoms with Crippen LogP contribution in [0.1, 0.15) is 72.1 Å². The number of piperidine rings is 1. The number of amides is 4. The van der Waals surface area contributed by atoms with Gasteiger partial charge in [0, 0.05) is 54.9 Å². The van der Waals surface area contributed by atoms with Crippen LogP contribution in [-0.2, 0) is 30.4 Å². The third-order valence-corrected chi connectivity index (χ3v) is 12.4. The van der Waals surface area contributed by atoms with E-state index < -0.39 is 58.0 Å². The first-order valence-corrected chi connectivity index (χ1v) is 20.5. The zero-order valence-corrected chi connectivity index (χ0v) is 32.6. The number of para-hydroxylation sites is 1. The minimum Gasteiger partial charge on any atom is -0.488 e. The molecule has 6 atom stereocenters. The summed E-state index contributed by atoms with van der Waals surface area (Å²) in [5.41, 5.74) is 0.281. The Kier molecular flexibility index (Phi) is 10.9. The highest BCUT2D eigenvalue weighted by molar-refractivity contribution is 7.77. The molecule has 4 amide bonds. The van der Waals surface area contributed by atoms with Crippen LogP contribution in [0.4, 0.5) is 0 Å². The first kappa shape index (κ1) is 38.6. The van der Waals surface area contributed by atoms with Crippen molar-refractivity contribution in [3.05, 3.63) is 73.3 Å². The average molecular weight is 770 g/mol. The van der Waals surface area contributed by atoms with Crippen molar-refractivity contribution in [2.45, 2.75) is 95.9 Å². The molecule has 55 heavy (non-hydrogen) atoms. The Balaban J connectivity index is 1.21. The molecule has 2 saturated carbocycles. The summed E-state index contributed by atoms with van der Waals surface area (Å²) in [7, 11) is 0. The van der Waals surface area contributed by atoms with E-state index in [1.165, 1.54) is 4.90 Å². The van der Waals surface area contributed by atoms with Gasteiger partial charge in [-0.1, -0.05) is 69.3 Å². The Hall–Kier alpha value is -4.62. The van der Waals surface area contributed by atoms with Gasteiger partial charge in [0.25, 0.3) is 17.2 Å². The van der Waals surface area contributed by atoms with Crippen molar-refractivity contribution in [3.63, 3.8) is 0 Å². The first-order valence-electron chi connectivity index (χ1n) is 19.4. The number of nitrogens with zero attached hydrogens (tertiary/aromatic N) is 4. The summed E-state index contributed by atoms with van der Waals surface area (Å²) in [4.78, 5) is 65.2. The molecule has 12 nitrogen and oxygen atoms in total. The van der Waals surface area contributed by atoms with Gasteiger partial charge >= 0.3 is 0 Å². The van der Waals surface area contributed by atoms with E-state index in [1.807, 2.05) is 86.3 Å². The zero-order valence-electron chi connectivity index (χ0n) is 31.8. The Morgan fingerprint density at radius 3 is 2.40 bits per heavy atom. The Morgan fingerprint density at radius 1 is 1.07 bits per heavy atom. The monoisotopic (exact) mass is 769 g/mol. The van der Waals surface area contributed by atoms with Crippen LogP contribution in [-0.4, -0.2) is 94.8 Å². The van der Waals surface area contributed by atoms with E-state index in [9.17, 15) is 27.9 Å². The summed E-state index contributed by atoms with van der Waals surface area (Å²) in [6.07, 6.45) is 5.43. The summed E-state index contributed by atoms with van der Waals surface area (Å²) in [6, 6.07) is 17.9. The number of fused-ring (bicyclic) bond motifs is 1. The van der Waals surface area contributed by atoms with Crippen molar-refractivity contribution in [2.75, 3.05) is 19.6 Å². The molecule has 0 radical (unpaired) electrons. The van der Waals surface area contributed by atoms with E-state index in [-0.39, 0.29) is 43.7 Å². The fourth-order valence-corrected chi connectivity index (χ4v) is 8.92. The number of hydrogen-bond donors (Lipinski definition) is 2. The van der Waals surface area contributed by atoms with Crippen molar-refractivity contribution in [2.24, 2.45) is 17.3 Å². The summed E-state index contributed by atoms with van der Waals surface area (Å²) >= 11 is -2.56. The van der Waals surface area contributed by atoms with Crippen LogP contribution in [0.3, 0.4) is 0 Å². The quantitative estimate of drug-likeness (QED) is 0.181. The topological polar surface area (TPSA) is 149 Å². The summed E-state index contributed by atoms with van der Waals surface area (Å²) in [5, 5.41) is 3.73. The highest BCUT2D eigenvalue weighted by Gasteiger charge is 2.64. The van der Waals surface area contributed by atoms with E-state index in [2.05, 4.69) is 11.9 Å². The number of pyridine rings is 1. The number of carbonyl (C=O) groups is 4. The highest BCUT2D eigenvalue weighted by Crippen LogP contribution is 2.48. The second-order valence-corrected chi connectivity index (χ2v) is 17.4. The van der Waals surface area contributed by atoms with Gasteiger partial charge in [0.15, 0.2) is 0 Å². The van der Waals surface area contributed by atoms with Crippen LogP contribution in [0.2, 0.25) is 0 Å². The number of benzene rings is 2. The molecule has 4 fully saturated rings. The second-order valence-electron chi connectivity index (χ2n) is 16.5. The number of carbonyl (C=O) groups excluding carboxylic acids is 4. The maximum Gasteiger partial charge on any atom is 0.264 e. The fraction of sp³-hybridized carbons (Fsp3) is 0.500. The molecular formula is C42H51N5O7S. The summed E-state index contributed by atoms with van der Waals surface area (Å²) in [6.45, 7) is 11.0. The zero-order chi connectivity index (χ0) is 39.1. The van der Waals surface area contributed by atoms with Crippen molar-refractivity contribution in [3.8, 4) is 17.0 Å². The Morgan fingerprint density at radius 2 is 1.76 bits per heavy atom. The third-order valence-electron chi connectivity index (χ3n) is 11.6. The molecular weight excluding hydrogens is 719 g/mol. The van der Waals surface area contributed by atoms with Crippen molar-refractivity contribution < 1.29 is 32.7 Å². The molecule has 4 aliphatic rings. The van der Waals surface area contributed by atoms with Gasteiger partial charge < -0.3 is 19.9 Å². The molecule has 292 valence electrons. The van der Waals surface area contributed by atoms with Gasteiger partial charge in [-0.15, -0.1) is 6.58 Å². The second kappa shape index (κ2) is 15.5. The van der Waals surface area contributed by atoms with Crippen LogP contribution >= 0.6 is 0 Å². The molecule has 7 rings (SSSR count). The molecule has 1 aromatic heterocycles. The van der Waals surface area contributed by atoms with Crippen LogP contribution < -0.4 is 10.1 Å². The summed E-state index contributed by atoms with van der Waals surface area (Å²) in [5.74, 6) is -2.23. The molecule has 3 aromatic rings. The van der Waals surface area contributed by atoms with Crippen molar-refractivity contribution >= 4 is 45.8 Å². The van der Waals surface area contributed by atoms with Gasteiger partial charge in [-0.2, -0.15) is 0 Å². The molecule has 2 saturated heterocycles. The molecule has 13 heteroatoms. The number of nitrogens with one attached hydrogen (secondary N) is 1. The minimum absolute atomic E-state index is 0.00769. The smallest absolute Gasteiger partial charge is 0.264 e. The van der Waals surface area contributed by atoms with Gasteiger partial charge in [0.05, 0.1) is 23.7 Å². The highest BCUT2D eigenvalue weighted by atomic mass is 32.2. The maximum atomic E-state index is 14.9. The predicted octanol–water partition coefficient (Wildman–Crippen LogP) is 5.50. The predicted molar refractivity (Wildman–Crippen MR) is 210 cm³/mol. The number of rotatable bonds is 12. The molecule has 3 heterocycles. The molecule has 2 N–H and O–H groups in total. The lowest BCUT2D eigenvalue weighted by Gasteiger charge is -2.36. The largest absolute Gasteiger partial charge is 0.488 e. The van der Waals surface area contributed by atoms with Gasteiger partial charge in [-0.25, -0.2) is 13.5 Å². The molecule has 0 spiro atoms. The molecule has 2 aromatic carbocycles. The molecule has 2 aliphatic heterocycles. The Labute approximate surface area is 325 Å². The lowest BCUT2D eigenvalue weighted by atomic mass is 9.77. The van der Waals surface area contributed by atoms with Crippen LogP contribution in [0, 0.1) is 17.3 Å². The minimum atomic E-state index is -2.56. The lowest BCUT2D eigenvalue weighted by molar-refractivity contribution is -0.149. The normalized spacial score (nSPS) is 24.8. The summed E-state index contributed by atoms with van der Waals surface area (Å²) < 4.78 is 30.1. The maximum absolute atomic E-state index is 14.9. The SMILES string of the molecule is C=CC1C[C@]1(NC(=O)[C@@H]1C[C@@H](Oc2cc(-c3ccccc3)nc3ccccc23)CN1C(=O)[C@@H](CC(=O)N1CCCCC1)C(C)(C)C)C(=O)N(C1CC1)S(=O)O. The van der Waals surface area contributed by atoms with Crippen LogP contribution in [0.15, 0.2) is 73.3 Å². The first-order chi connectivity index (χ1) is 26.3. The number of aromatic nitrogens is 1. The fourth-order valence-electron chi connectivity index (χ4n) is 8.15. The van der Waals surface area contributed by atoms with Gasteiger partial charge in [-0.05, 0) is 56.1 Å². The van der Waals surface area contributed by atoms with Gasteiger partial charge in [0.1, 0.15) is 23.4 Å². The van der Waals surface area contributed by atoms with Crippen LogP contribution in [0.5, 0.6) is 5.75 Å². The van der Waals surface area contributed by atoms with E-state index >= 15 is 0 Å². The van der Waals surface area contributed by atoms with Gasteiger partial charge in [0.2, 0.25) is 17.7 Å². The lowest BCUT2D eigenvalue weighted by Crippen LogP contribution is -2.57. The number of ether oxygens (including phenoxy) is 1. The van der Waals surface area contributed by atoms with Crippen molar-refractivity contribution in [1.82, 2.24) is 24.4 Å². The van der Waals surface area contributed by atoms with E-state index in [4.69, 9.17) is 9.72 Å².